The van der Waals surface area contributed by atoms with Crippen molar-refractivity contribution in [2.24, 2.45) is 5.10 Å². The fourth-order valence-electron chi connectivity index (χ4n) is 2.17. The number of carbonyl (C=O) groups excluding carboxylic acids is 3. The fourth-order valence-corrected chi connectivity index (χ4v) is 2.17. The van der Waals surface area contributed by atoms with E-state index in [0.717, 1.165) is 19.3 Å². The normalized spacial score (nSPS) is 13.7. The van der Waals surface area contributed by atoms with E-state index in [9.17, 15) is 14.4 Å². The van der Waals surface area contributed by atoms with Crippen LogP contribution in [0.1, 0.15) is 38.2 Å². The van der Waals surface area contributed by atoms with Crippen LogP contribution >= 0.6 is 0 Å². The van der Waals surface area contributed by atoms with E-state index in [0.29, 0.717) is 5.69 Å². The smallest absolute Gasteiger partial charge is 0.355 e. The zero-order valence-corrected chi connectivity index (χ0v) is 13.6. The molecule has 24 heavy (non-hydrogen) atoms. The second-order valence-corrected chi connectivity index (χ2v) is 5.52. The molecule has 1 aliphatic rings. The lowest BCUT2D eigenvalue weighted by molar-refractivity contribution is -0.140. The Hall–Kier alpha value is -2.70. The molecule has 2 N–H and O–H groups in total. The Morgan fingerprint density at radius 1 is 1.25 bits per heavy atom. The molecule has 1 aromatic rings. The van der Waals surface area contributed by atoms with E-state index in [-0.39, 0.29) is 24.5 Å². The van der Waals surface area contributed by atoms with Crippen molar-refractivity contribution in [2.45, 2.75) is 39.0 Å². The molecule has 0 fully saturated rings. The maximum atomic E-state index is 11.8. The van der Waals surface area contributed by atoms with Crippen LogP contribution in [0, 0.1) is 0 Å². The van der Waals surface area contributed by atoms with Crippen LogP contribution in [0.25, 0.3) is 0 Å². The molecule has 0 aromatic heterocycles. The molecule has 128 valence electrons. The van der Waals surface area contributed by atoms with Crippen molar-refractivity contribution in [1.29, 1.82) is 0 Å². The van der Waals surface area contributed by atoms with E-state index in [4.69, 9.17) is 4.74 Å². The minimum Gasteiger partial charge on any atom is -0.451 e. The lowest BCUT2D eigenvalue weighted by atomic mass is 10.1. The summed E-state index contributed by atoms with van der Waals surface area (Å²) in [5, 5.41) is 6.28. The second kappa shape index (κ2) is 8.81. The van der Waals surface area contributed by atoms with Crippen LogP contribution in [-0.2, 0) is 25.5 Å². The average molecular weight is 331 g/mol. The predicted molar refractivity (Wildman–Crippen MR) is 89.5 cm³/mol. The van der Waals surface area contributed by atoms with Crippen molar-refractivity contribution in [2.75, 3.05) is 11.9 Å². The second-order valence-electron chi connectivity index (χ2n) is 5.52. The molecular weight excluding hydrogens is 310 g/mol. The molecule has 2 rings (SSSR count). The summed E-state index contributed by atoms with van der Waals surface area (Å²) in [6.45, 7) is 1.74. The third-order valence-electron chi connectivity index (χ3n) is 3.53. The summed E-state index contributed by atoms with van der Waals surface area (Å²) in [6.07, 6.45) is 3.68. The number of benzene rings is 1. The molecule has 0 bridgehead atoms. The van der Waals surface area contributed by atoms with Crippen LogP contribution in [0.15, 0.2) is 29.4 Å². The zero-order valence-electron chi connectivity index (χ0n) is 13.6. The van der Waals surface area contributed by atoms with Gasteiger partial charge in [-0.05, 0) is 30.5 Å². The molecule has 0 saturated heterocycles. The van der Waals surface area contributed by atoms with Gasteiger partial charge in [-0.1, -0.05) is 25.5 Å². The maximum Gasteiger partial charge on any atom is 0.355 e. The van der Waals surface area contributed by atoms with E-state index in [1.807, 2.05) is 24.3 Å². The summed E-state index contributed by atoms with van der Waals surface area (Å²) in [5.74, 6) is -1.36. The molecule has 2 amide bonds. The van der Waals surface area contributed by atoms with Crippen LogP contribution < -0.4 is 10.7 Å². The maximum absolute atomic E-state index is 11.8. The number of nitrogens with one attached hydrogen (secondary N) is 2. The van der Waals surface area contributed by atoms with Gasteiger partial charge < -0.3 is 10.1 Å². The van der Waals surface area contributed by atoms with Crippen LogP contribution in [0.3, 0.4) is 0 Å². The van der Waals surface area contributed by atoms with Gasteiger partial charge in [0.2, 0.25) is 5.91 Å². The van der Waals surface area contributed by atoms with Gasteiger partial charge in [-0.15, -0.1) is 0 Å². The third kappa shape index (κ3) is 5.49. The van der Waals surface area contributed by atoms with E-state index in [1.54, 1.807) is 0 Å². The number of amides is 2. The van der Waals surface area contributed by atoms with E-state index < -0.39 is 18.5 Å². The van der Waals surface area contributed by atoms with Crippen LogP contribution in [-0.4, -0.2) is 30.1 Å². The number of rotatable bonds is 7. The first kappa shape index (κ1) is 17.7. The van der Waals surface area contributed by atoms with Crippen molar-refractivity contribution >= 4 is 29.2 Å². The third-order valence-corrected chi connectivity index (χ3v) is 3.53. The largest absolute Gasteiger partial charge is 0.451 e. The Kier molecular flexibility index (Phi) is 6.48. The lowest BCUT2D eigenvalue weighted by Crippen LogP contribution is -2.32. The van der Waals surface area contributed by atoms with Crippen molar-refractivity contribution in [3.63, 3.8) is 0 Å². The van der Waals surface area contributed by atoms with E-state index in [2.05, 4.69) is 22.8 Å². The molecule has 7 nitrogen and oxygen atoms in total. The number of nitrogens with zero attached hydrogens (tertiary/aromatic N) is 1. The van der Waals surface area contributed by atoms with Crippen molar-refractivity contribution < 1.29 is 19.1 Å². The molecule has 7 heteroatoms. The topological polar surface area (TPSA) is 96.9 Å². The number of esters is 1. The molecule has 0 unspecified atom stereocenters. The Morgan fingerprint density at radius 3 is 2.62 bits per heavy atom. The molecule has 1 heterocycles. The Bertz CT molecular complexity index is 638. The first-order valence-electron chi connectivity index (χ1n) is 8.00. The molecule has 1 aliphatic heterocycles. The van der Waals surface area contributed by atoms with Gasteiger partial charge in [0.15, 0.2) is 6.61 Å². The first-order chi connectivity index (χ1) is 11.6. The van der Waals surface area contributed by atoms with E-state index >= 15 is 0 Å². The lowest BCUT2D eigenvalue weighted by Gasteiger charge is -2.11. The quantitative estimate of drug-likeness (QED) is 0.744. The number of hydrazone groups is 1. The number of anilines is 1. The standard InChI is InChI=1S/C17H21N3O4/c1-2-3-4-12-5-7-13(8-6-12)18-16(22)11-24-17(23)14-9-10-15(21)20-19-14/h5-8H,2-4,9-11H2,1H3,(H,18,22)(H,20,21). The number of hydrogen-bond donors (Lipinski definition) is 2. The van der Waals surface area contributed by atoms with Crippen molar-refractivity contribution in [1.82, 2.24) is 5.43 Å². The summed E-state index contributed by atoms with van der Waals surface area (Å²) in [4.78, 5) is 34.5. The summed E-state index contributed by atoms with van der Waals surface area (Å²) >= 11 is 0. The molecule has 1 aromatic carbocycles. The Labute approximate surface area is 140 Å². The van der Waals surface area contributed by atoms with Gasteiger partial charge in [-0.2, -0.15) is 5.10 Å². The van der Waals surface area contributed by atoms with Crippen LogP contribution in [0.2, 0.25) is 0 Å². The van der Waals surface area contributed by atoms with Gasteiger partial charge in [-0.3, -0.25) is 9.59 Å². The van der Waals surface area contributed by atoms with Gasteiger partial charge in [0, 0.05) is 18.5 Å². The van der Waals surface area contributed by atoms with Gasteiger partial charge >= 0.3 is 5.97 Å². The Balaban J connectivity index is 1.76. The highest BCUT2D eigenvalue weighted by molar-refractivity contribution is 6.37. The molecule has 0 aliphatic carbocycles. The minimum atomic E-state index is -0.694. The van der Waals surface area contributed by atoms with Crippen molar-refractivity contribution in [3.8, 4) is 0 Å². The molecule has 0 saturated carbocycles. The molecule has 0 atom stereocenters. The highest BCUT2D eigenvalue weighted by Gasteiger charge is 2.20. The van der Waals surface area contributed by atoms with E-state index in [1.165, 1.54) is 5.56 Å². The minimum absolute atomic E-state index is 0.114. The van der Waals surface area contributed by atoms with Crippen LogP contribution in [0.4, 0.5) is 5.69 Å². The predicted octanol–water partition coefficient (Wildman–Crippen LogP) is 1.78. The van der Waals surface area contributed by atoms with Gasteiger partial charge in [0.25, 0.3) is 5.91 Å². The monoisotopic (exact) mass is 331 g/mol. The summed E-state index contributed by atoms with van der Waals surface area (Å²) < 4.78 is 4.89. The number of unbranched alkanes of at least 4 members (excludes halogenated alkanes) is 1. The van der Waals surface area contributed by atoms with Gasteiger partial charge in [0.1, 0.15) is 5.71 Å². The number of carbonyl (C=O) groups is 3. The SMILES string of the molecule is CCCCc1ccc(NC(=O)COC(=O)C2=NNC(=O)CC2)cc1. The first-order valence-corrected chi connectivity index (χ1v) is 8.00. The highest BCUT2D eigenvalue weighted by Crippen LogP contribution is 2.11. The molecule has 0 radical (unpaired) electrons. The van der Waals surface area contributed by atoms with Gasteiger partial charge in [-0.25, -0.2) is 10.2 Å². The highest BCUT2D eigenvalue weighted by atomic mass is 16.5. The van der Waals surface area contributed by atoms with Gasteiger partial charge in [0.05, 0.1) is 0 Å². The van der Waals surface area contributed by atoms with Crippen LogP contribution in [0.5, 0.6) is 0 Å². The van der Waals surface area contributed by atoms with Crippen molar-refractivity contribution in [3.05, 3.63) is 29.8 Å². The fraction of sp³-hybridized carbons (Fsp3) is 0.412. The average Bonchev–Trinajstić information content (AvgIpc) is 2.59. The number of hydrogen-bond acceptors (Lipinski definition) is 5. The Morgan fingerprint density at radius 2 is 2.00 bits per heavy atom. The number of aryl methyl sites for hydroxylation is 1. The summed E-state index contributed by atoms with van der Waals surface area (Å²) in [5.41, 5.74) is 4.19. The molecular formula is C17H21N3O4. The number of ether oxygens (including phenoxy) is 1. The summed E-state index contributed by atoms with van der Waals surface area (Å²) in [7, 11) is 0. The molecule has 0 spiro atoms. The zero-order chi connectivity index (χ0) is 17.4. The summed E-state index contributed by atoms with van der Waals surface area (Å²) in [6, 6.07) is 7.59.